The van der Waals surface area contributed by atoms with Gasteiger partial charge in [-0.05, 0) is 24.6 Å². The van der Waals surface area contributed by atoms with Crippen molar-refractivity contribution in [3.8, 4) is 0 Å². The molecule has 2 nitrogen and oxygen atoms in total. The summed E-state index contributed by atoms with van der Waals surface area (Å²) in [5, 5.41) is 3.15. The average Bonchev–Trinajstić information content (AvgIpc) is 2.89. The van der Waals surface area contributed by atoms with Crippen molar-refractivity contribution in [1.82, 2.24) is 5.32 Å². The molecular weight excluding hydrogens is 255 g/mol. The molecule has 102 valence electrons. The fraction of sp³-hybridized carbons (Fsp3) is 0.286. The second-order valence-electron chi connectivity index (χ2n) is 4.36. The quantitative estimate of drug-likeness (QED) is 0.902. The van der Waals surface area contributed by atoms with Crippen molar-refractivity contribution in [2.45, 2.75) is 25.7 Å². The molecule has 1 aromatic heterocycles. The minimum absolute atomic E-state index is 0.0216. The molecule has 0 saturated carbocycles. The molecule has 1 heterocycles. The molecule has 1 unspecified atom stereocenters. The minimum Gasteiger partial charge on any atom is -0.472 e. The van der Waals surface area contributed by atoms with Gasteiger partial charge in [-0.25, -0.2) is 0 Å². The highest BCUT2D eigenvalue weighted by Crippen LogP contribution is 2.29. The van der Waals surface area contributed by atoms with Gasteiger partial charge in [-0.3, -0.25) is 0 Å². The minimum atomic E-state index is -4.30. The summed E-state index contributed by atoms with van der Waals surface area (Å²) in [7, 11) is 0. The van der Waals surface area contributed by atoms with Crippen LogP contribution >= 0.6 is 0 Å². The Morgan fingerprint density at radius 3 is 2.68 bits per heavy atom. The van der Waals surface area contributed by atoms with Crippen molar-refractivity contribution in [1.29, 1.82) is 0 Å². The molecule has 5 heteroatoms. The Balaban J connectivity index is 2.00. The zero-order chi connectivity index (χ0) is 13.9. The van der Waals surface area contributed by atoms with Gasteiger partial charge < -0.3 is 9.73 Å². The number of benzene rings is 1. The van der Waals surface area contributed by atoms with Crippen LogP contribution in [-0.2, 0) is 12.7 Å². The van der Waals surface area contributed by atoms with Gasteiger partial charge in [0.2, 0.25) is 0 Å². The normalized spacial score (nSPS) is 13.5. The van der Waals surface area contributed by atoms with Gasteiger partial charge in [0.05, 0.1) is 18.1 Å². The molecule has 0 aliphatic heterocycles. The standard InChI is InChI=1S/C14H14F3NO/c1-10(12-5-6-19-9-12)18-8-11-3-2-4-13(7-11)14(15,16)17/h2-7,9-10,18H,8H2,1H3. The van der Waals surface area contributed by atoms with Crippen LogP contribution in [0.25, 0.3) is 0 Å². The molecule has 1 atom stereocenters. The molecule has 0 bridgehead atoms. The Hall–Kier alpha value is -1.75. The highest BCUT2D eigenvalue weighted by molar-refractivity contribution is 5.25. The van der Waals surface area contributed by atoms with Crippen LogP contribution in [0.5, 0.6) is 0 Å². The van der Waals surface area contributed by atoms with Gasteiger partial charge in [-0.1, -0.05) is 18.2 Å². The summed E-state index contributed by atoms with van der Waals surface area (Å²) in [4.78, 5) is 0. The Morgan fingerprint density at radius 1 is 1.26 bits per heavy atom. The van der Waals surface area contributed by atoms with Crippen molar-refractivity contribution in [3.05, 3.63) is 59.5 Å². The van der Waals surface area contributed by atoms with E-state index in [-0.39, 0.29) is 6.04 Å². The van der Waals surface area contributed by atoms with Crippen LogP contribution in [0.15, 0.2) is 47.3 Å². The van der Waals surface area contributed by atoms with E-state index in [1.807, 2.05) is 13.0 Å². The molecule has 0 aliphatic rings. The predicted molar refractivity (Wildman–Crippen MR) is 65.4 cm³/mol. The molecule has 1 aromatic carbocycles. The monoisotopic (exact) mass is 269 g/mol. The third-order valence-corrected chi connectivity index (χ3v) is 2.91. The Morgan fingerprint density at radius 2 is 2.05 bits per heavy atom. The molecule has 0 spiro atoms. The van der Waals surface area contributed by atoms with Crippen molar-refractivity contribution in [2.24, 2.45) is 0 Å². The van der Waals surface area contributed by atoms with Crippen LogP contribution in [0.3, 0.4) is 0 Å². The fourth-order valence-electron chi connectivity index (χ4n) is 1.77. The predicted octanol–water partition coefficient (Wildman–Crippen LogP) is 4.15. The molecule has 0 amide bonds. The number of alkyl halides is 3. The first-order valence-corrected chi connectivity index (χ1v) is 5.88. The van der Waals surface area contributed by atoms with Crippen molar-refractivity contribution >= 4 is 0 Å². The maximum Gasteiger partial charge on any atom is 0.416 e. The summed E-state index contributed by atoms with van der Waals surface area (Å²) >= 11 is 0. The van der Waals surface area contributed by atoms with E-state index >= 15 is 0 Å². The van der Waals surface area contributed by atoms with E-state index in [4.69, 9.17) is 4.42 Å². The van der Waals surface area contributed by atoms with E-state index < -0.39 is 11.7 Å². The van der Waals surface area contributed by atoms with Crippen LogP contribution in [0.4, 0.5) is 13.2 Å². The van der Waals surface area contributed by atoms with E-state index in [9.17, 15) is 13.2 Å². The summed E-state index contributed by atoms with van der Waals surface area (Å²) in [6.07, 6.45) is -1.12. The van der Waals surface area contributed by atoms with Crippen LogP contribution in [0.2, 0.25) is 0 Å². The average molecular weight is 269 g/mol. The summed E-state index contributed by atoms with van der Waals surface area (Å²) in [6, 6.07) is 7.17. The van der Waals surface area contributed by atoms with Gasteiger partial charge in [0.15, 0.2) is 0 Å². The van der Waals surface area contributed by atoms with E-state index in [1.54, 1.807) is 18.6 Å². The summed E-state index contributed by atoms with van der Waals surface area (Å²) < 4.78 is 42.6. The van der Waals surface area contributed by atoms with Gasteiger partial charge in [0.1, 0.15) is 0 Å². The summed E-state index contributed by atoms with van der Waals surface area (Å²) in [5.41, 5.74) is 0.944. The van der Waals surface area contributed by atoms with Crippen molar-refractivity contribution < 1.29 is 17.6 Å². The summed E-state index contributed by atoms with van der Waals surface area (Å²) in [6.45, 7) is 2.30. The first kappa shape index (κ1) is 13.7. The smallest absolute Gasteiger partial charge is 0.416 e. The van der Waals surface area contributed by atoms with Gasteiger partial charge in [-0.15, -0.1) is 0 Å². The second-order valence-corrected chi connectivity index (χ2v) is 4.36. The molecule has 19 heavy (non-hydrogen) atoms. The molecule has 2 aromatic rings. The number of hydrogen-bond acceptors (Lipinski definition) is 2. The van der Waals surface area contributed by atoms with Crippen LogP contribution in [0, 0.1) is 0 Å². The van der Waals surface area contributed by atoms with E-state index in [2.05, 4.69) is 5.32 Å². The van der Waals surface area contributed by atoms with E-state index in [0.29, 0.717) is 12.1 Å². The molecular formula is C14H14F3NO. The van der Waals surface area contributed by atoms with Crippen LogP contribution < -0.4 is 5.32 Å². The number of hydrogen-bond donors (Lipinski definition) is 1. The summed E-state index contributed by atoms with van der Waals surface area (Å²) in [5.74, 6) is 0. The Kier molecular flexibility index (Phi) is 3.95. The largest absolute Gasteiger partial charge is 0.472 e. The van der Waals surface area contributed by atoms with Crippen molar-refractivity contribution in [2.75, 3.05) is 0 Å². The Labute approximate surface area is 109 Å². The lowest BCUT2D eigenvalue weighted by atomic mass is 10.1. The van der Waals surface area contributed by atoms with Crippen LogP contribution in [-0.4, -0.2) is 0 Å². The highest BCUT2D eigenvalue weighted by Gasteiger charge is 2.30. The molecule has 0 aliphatic carbocycles. The fourth-order valence-corrected chi connectivity index (χ4v) is 1.77. The van der Waals surface area contributed by atoms with E-state index in [0.717, 1.165) is 17.7 Å². The van der Waals surface area contributed by atoms with Gasteiger partial charge in [0, 0.05) is 18.2 Å². The highest BCUT2D eigenvalue weighted by atomic mass is 19.4. The lowest BCUT2D eigenvalue weighted by Gasteiger charge is -2.13. The third kappa shape index (κ3) is 3.61. The SMILES string of the molecule is CC(NCc1cccc(C(F)(F)F)c1)c1ccoc1. The number of rotatable bonds is 4. The van der Waals surface area contributed by atoms with E-state index in [1.165, 1.54) is 6.07 Å². The molecule has 0 saturated heterocycles. The first-order chi connectivity index (χ1) is 8.97. The van der Waals surface area contributed by atoms with Crippen molar-refractivity contribution in [3.63, 3.8) is 0 Å². The Bertz CT molecular complexity index is 520. The molecule has 2 rings (SSSR count). The molecule has 1 N–H and O–H groups in total. The first-order valence-electron chi connectivity index (χ1n) is 5.88. The molecule has 0 fully saturated rings. The number of furan rings is 1. The van der Waals surface area contributed by atoms with Gasteiger partial charge in [-0.2, -0.15) is 13.2 Å². The maximum absolute atomic E-state index is 12.6. The second kappa shape index (κ2) is 5.48. The topological polar surface area (TPSA) is 25.2 Å². The lowest BCUT2D eigenvalue weighted by Crippen LogP contribution is -2.18. The zero-order valence-corrected chi connectivity index (χ0v) is 10.4. The zero-order valence-electron chi connectivity index (χ0n) is 10.4. The van der Waals surface area contributed by atoms with Gasteiger partial charge >= 0.3 is 6.18 Å². The lowest BCUT2D eigenvalue weighted by molar-refractivity contribution is -0.137. The molecule has 0 radical (unpaired) electrons. The maximum atomic E-state index is 12.6. The van der Waals surface area contributed by atoms with Gasteiger partial charge in [0.25, 0.3) is 0 Å². The number of nitrogens with one attached hydrogen (secondary N) is 1. The third-order valence-electron chi connectivity index (χ3n) is 2.91. The van der Waals surface area contributed by atoms with Crippen LogP contribution in [0.1, 0.15) is 29.7 Å². The number of halogens is 3.